The lowest BCUT2D eigenvalue weighted by molar-refractivity contribution is 0.205. The van der Waals surface area contributed by atoms with Crippen LogP contribution in [0.15, 0.2) is 0 Å². The molecule has 0 saturated carbocycles. The molecule has 6 unspecified atom stereocenters. The maximum Gasteiger partial charge on any atom is 0.0643 e. The summed E-state index contributed by atoms with van der Waals surface area (Å²) in [6.45, 7) is 6.93. The summed E-state index contributed by atoms with van der Waals surface area (Å²) < 4.78 is 11.4. The topological polar surface area (TPSA) is 18.5 Å². The van der Waals surface area contributed by atoms with Gasteiger partial charge in [-0.1, -0.05) is 109 Å². The van der Waals surface area contributed by atoms with Gasteiger partial charge in [-0.2, -0.15) is 0 Å². The minimum atomic E-state index is -0.375. The summed E-state index contributed by atoms with van der Waals surface area (Å²) in [7, 11) is 7.63. The Labute approximate surface area is 179 Å². The van der Waals surface area contributed by atoms with Gasteiger partial charge in [0.25, 0.3) is 0 Å². The predicted molar refractivity (Wildman–Crippen MR) is 136 cm³/mol. The maximum absolute atomic E-state index is 5.94. The number of hydrogen-bond donors (Lipinski definition) is 0. The Hall–Kier alpha value is 1.64. The highest BCUT2D eigenvalue weighted by molar-refractivity contribution is 8.41. The van der Waals surface area contributed by atoms with E-state index in [1.165, 1.54) is 89.9 Å². The molecule has 0 heterocycles. The lowest BCUT2D eigenvalue weighted by Crippen LogP contribution is -2.07. The SMILES string of the molecule is CCCCC(CCCCCCC(C)CCCCCC(CC)OP(P)P)OP. The summed E-state index contributed by atoms with van der Waals surface area (Å²) in [5, 5.41) is 0. The average molecular weight is 457 g/mol. The molecule has 0 radical (unpaired) electrons. The van der Waals surface area contributed by atoms with E-state index in [2.05, 4.69) is 48.1 Å². The van der Waals surface area contributed by atoms with E-state index in [1.807, 2.05) is 0 Å². The Morgan fingerprint density at radius 2 is 1.19 bits per heavy atom. The van der Waals surface area contributed by atoms with E-state index in [0.717, 1.165) is 12.3 Å². The van der Waals surface area contributed by atoms with Crippen LogP contribution in [0.3, 0.4) is 0 Å². The first-order valence-corrected chi connectivity index (χ1v) is 16.3. The van der Waals surface area contributed by atoms with E-state index in [4.69, 9.17) is 9.05 Å². The third-order valence-corrected chi connectivity index (χ3v) is 7.15. The summed E-state index contributed by atoms with van der Waals surface area (Å²) in [6.07, 6.45) is 20.7. The number of unbranched alkanes of at least 4 members (excludes halogenated alkanes) is 6. The van der Waals surface area contributed by atoms with Gasteiger partial charge < -0.3 is 9.05 Å². The van der Waals surface area contributed by atoms with Crippen molar-refractivity contribution in [2.45, 2.75) is 129 Å². The van der Waals surface area contributed by atoms with E-state index in [0.29, 0.717) is 12.2 Å². The lowest BCUT2D eigenvalue weighted by atomic mass is 9.95. The fourth-order valence-corrected chi connectivity index (χ4v) is 5.52. The zero-order chi connectivity index (χ0) is 20.3. The van der Waals surface area contributed by atoms with Crippen LogP contribution in [0, 0.1) is 5.92 Å². The molecule has 0 aromatic carbocycles. The molecule has 0 saturated heterocycles. The van der Waals surface area contributed by atoms with Crippen LogP contribution >= 0.6 is 34.8 Å². The van der Waals surface area contributed by atoms with Crippen LogP contribution in [0.1, 0.15) is 117 Å². The van der Waals surface area contributed by atoms with Crippen molar-refractivity contribution in [2.24, 2.45) is 5.92 Å². The molecule has 0 aromatic rings. The normalized spacial score (nSPS) is 15.2. The van der Waals surface area contributed by atoms with Gasteiger partial charge in [-0.25, -0.2) is 0 Å². The molecule has 0 rings (SSSR count). The summed E-state index contributed by atoms with van der Waals surface area (Å²) >= 11 is 0. The van der Waals surface area contributed by atoms with Gasteiger partial charge in [0.1, 0.15) is 0 Å². The van der Waals surface area contributed by atoms with Crippen molar-refractivity contribution in [3.63, 3.8) is 0 Å². The molecule has 164 valence electrons. The first kappa shape index (κ1) is 28.6. The van der Waals surface area contributed by atoms with Crippen LogP contribution in [0.25, 0.3) is 0 Å². The quantitative estimate of drug-likeness (QED) is 0.134. The van der Waals surface area contributed by atoms with Crippen molar-refractivity contribution >= 4 is 34.8 Å². The second kappa shape index (κ2) is 20.9. The smallest absolute Gasteiger partial charge is 0.0643 e. The number of rotatable bonds is 20. The maximum atomic E-state index is 5.94. The van der Waals surface area contributed by atoms with Crippen LogP contribution in [-0.4, -0.2) is 12.2 Å². The Kier molecular flexibility index (Phi) is 22.2. The molecule has 0 aliphatic rings. The van der Waals surface area contributed by atoms with E-state index in [1.54, 1.807) is 0 Å². The molecular weight excluding hydrogens is 408 g/mol. The number of hydrogen-bond acceptors (Lipinski definition) is 2. The van der Waals surface area contributed by atoms with Crippen LogP contribution in [-0.2, 0) is 9.05 Å². The van der Waals surface area contributed by atoms with E-state index in [9.17, 15) is 0 Å². The summed E-state index contributed by atoms with van der Waals surface area (Å²) in [6, 6.07) is 0. The van der Waals surface area contributed by atoms with Crippen LogP contribution in [0.5, 0.6) is 0 Å². The molecule has 0 amide bonds. The molecular formula is C21H48O2P4. The largest absolute Gasteiger partial charge is 0.362 e. The van der Waals surface area contributed by atoms with Crippen molar-refractivity contribution in [2.75, 3.05) is 0 Å². The molecule has 0 fully saturated rings. The van der Waals surface area contributed by atoms with Crippen molar-refractivity contribution < 1.29 is 9.05 Å². The molecule has 0 spiro atoms. The van der Waals surface area contributed by atoms with E-state index >= 15 is 0 Å². The van der Waals surface area contributed by atoms with Gasteiger partial charge in [0.15, 0.2) is 0 Å². The molecule has 0 bridgehead atoms. The standard InChI is InChI=1S/C21H48O2P4/c1-4-6-16-21(22-24)18-12-8-7-10-14-19(3)15-11-9-13-17-20(5-2)23-27(25)26/h19-21H,4-18,24-26H2,1-3H3. The van der Waals surface area contributed by atoms with E-state index < -0.39 is 0 Å². The molecule has 27 heavy (non-hydrogen) atoms. The minimum absolute atomic E-state index is 0.375. The van der Waals surface area contributed by atoms with Gasteiger partial charge >= 0.3 is 0 Å². The Morgan fingerprint density at radius 3 is 1.67 bits per heavy atom. The third-order valence-electron chi connectivity index (χ3n) is 5.49. The van der Waals surface area contributed by atoms with Gasteiger partial charge in [0, 0.05) is 9.47 Å². The highest BCUT2D eigenvalue weighted by Crippen LogP contribution is 2.55. The second-order valence-electron chi connectivity index (χ2n) is 8.13. The summed E-state index contributed by atoms with van der Waals surface area (Å²) in [4.78, 5) is 0. The summed E-state index contributed by atoms with van der Waals surface area (Å²) in [5.41, 5.74) is 0. The minimum Gasteiger partial charge on any atom is -0.362 e. The molecule has 0 N–H and O–H groups in total. The monoisotopic (exact) mass is 456 g/mol. The molecule has 6 heteroatoms. The Balaban J connectivity index is 3.49. The zero-order valence-corrected chi connectivity index (χ0v) is 22.7. The van der Waals surface area contributed by atoms with Gasteiger partial charge in [0.2, 0.25) is 0 Å². The van der Waals surface area contributed by atoms with Gasteiger partial charge in [-0.15, -0.1) is 0 Å². The van der Waals surface area contributed by atoms with Crippen molar-refractivity contribution in [3.05, 3.63) is 0 Å². The fourth-order valence-electron chi connectivity index (χ4n) is 3.62. The van der Waals surface area contributed by atoms with Gasteiger partial charge in [0.05, 0.1) is 19.7 Å². The van der Waals surface area contributed by atoms with Crippen LogP contribution in [0.4, 0.5) is 0 Å². The first-order valence-electron chi connectivity index (χ1n) is 11.3. The lowest BCUT2D eigenvalue weighted by Gasteiger charge is -2.18. The summed E-state index contributed by atoms with van der Waals surface area (Å²) in [5.74, 6) is 0.892. The molecule has 0 aromatic heterocycles. The molecule has 6 atom stereocenters. The van der Waals surface area contributed by atoms with Crippen molar-refractivity contribution in [1.29, 1.82) is 0 Å². The van der Waals surface area contributed by atoms with Gasteiger partial charge in [-0.05, 0) is 31.6 Å². The molecule has 0 aliphatic carbocycles. The predicted octanol–water partition coefficient (Wildman–Crippen LogP) is 9.05. The highest BCUT2D eigenvalue weighted by Gasteiger charge is 2.09. The Bertz CT molecular complexity index is 306. The van der Waals surface area contributed by atoms with Gasteiger partial charge in [-0.3, -0.25) is 0 Å². The molecule has 2 nitrogen and oxygen atoms in total. The van der Waals surface area contributed by atoms with E-state index in [-0.39, 0.29) is 7.53 Å². The Morgan fingerprint density at radius 1 is 0.704 bits per heavy atom. The van der Waals surface area contributed by atoms with Crippen LogP contribution in [0.2, 0.25) is 0 Å². The fraction of sp³-hybridized carbons (Fsp3) is 1.00. The van der Waals surface area contributed by atoms with Crippen LogP contribution < -0.4 is 0 Å². The third kappa shape index (κ3) is 19.4. The van der Waals surface area contributed by atoms with Crippen molar-refractivity contribution in [1.82, 2.24) is 0 Å². The zero-order valence-electron chi connectivity index (χ0n) is 18.3. The first-order chi connectivity index (χ1) is 13.0. The highest BCUT2D eigenvalue weighted by atomic mass is 32.4. The average Bonchev–Trinajstić information content (AvgIpc) is 2.65. The van der Waals surface area contributed by atoms with Crippen molar-refractivity contribution in [3.8, 4) is 0 Å². The molecule has 0 aliphatic heterocycles. The second-order valence-corrected chi connectivity index (χ2v) is 14.2.